The van der Waals surface area contributed by atoms with Crippen LogP contribution in [-0.2, 0) is 17.9 Å². The van der Waals surface area contributed by atoms with Crippen molar-refractivity contribution in [2.24, 2.45) is 0 Å². The lowest BCUT2D eigenvalue weighted by molar-refractivity contribution is -0.126. The van der Waals surface area contributed by atoms with E-state index in [1.165, 1.54) is 9.75 Å². The van der Waals surface area contributed by atoms with Crippen LogP contribution in [0.3, 0.4) is 0 Å². The van der Waals surface area contributed by atoms with Gasteiger partial charge in [0.05, 0.1) is 16.9 Å². The van der Waals surface area contributed by atoms with Crippen LogP contribution in [0.5, 0.6) is 0 Å². The first-order valence-corrected chi connectivity index (χ1v) is 8.96. The van der Waals surface area contributed by atoms with E-state index in [2.05, 4.69) is 17.1 Å². The van der Waals surface area contributed by atoms with E-state index in [0.717, 1.165) is 17.4 Å². The third-order valence-electron chi connectivity index (χ3n) is 3.34. The van der Waals surface area contributed by atoms with Crippen LogP contribution >= 0.6 is 34.3 Å². The molecule has 1 unspecified atom stereocenters. The first kappa shape index (κ1) is 16.5. The smallest absolute Gasteiger partial charge is 0.237 e. The normalized spacial score (nSPS) is 12.6. The van der Waals surface area contributed by atoms with Crippen molar-refractivity contribution in [3.8, 4) is 0 Å². The van der Waals surface area contributed by atoms with Gasteiger partial charge in [-0.1, -0.05) is 24.6 Å². The van der Waals surface area contributed by atoms with Crippen LogP contribution in [0.2, 0.25) is 4.34 Å². The van der Waals surface area contributed by atoms with Crippen molar-refractivity contribution in [1.29, 1.82) is 0 Å². The van der Waals surface area contributed by atoms with E-state index in [0.29, 0.717) is 6.54 Å². The average molecular weight is 343 g/mol. The predicted molar refractivity (Wildman–Crippen MR) is 91.0 cm³/mol. The van der Waals surface area contributed by atoms with Crippen LogP contribution in [0.4, 0.5) is 0 Å². The van der Waals surface area contributed by atoms with E-state index in [4.69, 9.17) is 11.6 Å². The number of hydrogen-bond acceptors (Lipinski definition) is 4. The topological polar surface area (TPSA) is 32.3 Å². The summed E-state index contributed by atoms with van der Waals surface area (Å²) in [6, 6.07) is 7.79. The molecule has 0 bridgehead atoms. The van der Waals surface area contributed by atoms with Crippen molar-refractivity contribution in [2.75, 3.05) is 6.54 Å². The molecule has 0 spiro atoms. The molecule has 0 saturated heterocycles. The van der Waals surface area contributed by atoms with Gasteiger partial charge < -0.3 is 5.32 Å². The molecule has 0 aliphatic heterocycles. The number of amides is 1. The highest BCUT2D eigenvalue weighted by molar-refractivity contribution is 7.16. The van der Waals surface area contributed by atoms with Gasteiger partial charge >= 0.3 is 0 Å². The number of likely N-dealkylation sites (N-methyl/N-ethyl adjacent to an activating group) is 1. The van der Waals surface area contributed by atoms with E-state index in [1.807, 2.05) is 36.6 Å². The number of nitrogens with zero attached hydrogens (tertiary/aromatic N) is 1. The summed E-state index contributed by atoms with van der Waals surface area (Å²) >= 11 is 9.18. The molecule has 1 atom stereocenters. The summed E-state index contributed by atoms with van der Waals surface area (Å²) in [5.41, 5.74) is 0. The Labute approximate surface area is 138 Å². The molecule has 21 heavy (non-hydrogen) atoms. The second-order valence-corrected chi connectivity index (χ2v) is 7.57. The minimum absolute atomic E-state index is 0.0629. The molecule has 0 fully saturated rings. The number of halogens is 1. The Morgan fingerprint density at radius 1 is 1.38 bits per heavy atom. The lowest BCUT2D eigenvalue weighted by atomic mass is 10.2. The van der Waals surface area contributed by atoms with Gasteiger partial charge in [0, 0.05) is 16.3 Å². The standard InChI is InChI=1S/C15H19ClN2OS2/c1-3-18(10-13-6-7-14(16)21-13)11(2)15(19)17-9-12-5-4-8-20-12/h4-8,11H,3,9-10H2,1-2H3,(H,17,19). The molecule has 0 aliphatic carbocycles. The van der Waals surface area contributed by atoms with E-state index >= 15 is 0 Å². The number of nitrogens with one attached hydrogen (secondary N) is 1. The van der Waals surface area contributed by atoms with Crippen molar-refractivity contribution in [3.05, 3.63) is 43.7 Å². The van der Waals surface area contributed by atoms with Crippen LogP contribution < -0.4 is 5.32 Å². The first-order chi connectivity index (χ1) is 10.1. The van der Waals surface area contributed by atoms with E-state index in [-0.39, 0.29) is 11.9 Å². The molecule has 1 N–H and O–H groups in total. The van der Waals surface area contributed by atoms with Gasteiger partial charge in [0.15, 0.2) is 0 Å². The highest BCUT2D eigenvalue weighted by Crippen LogP contribution is 2.23. The van der Waals surface area contributed by atoms with Crippen LogP contribution in [0.15, 0.2) is 29.6 Å². The molecule has 0 aliphatic rings. The summed E-state index contributed by atoms with van der Waals surface area (Å²) in [7, 11) is 0. The maximum absolute atomic E-state index is 12.3. The van der Waals surface area contributed by atoms with E-state index < -0.39 is 0 Å². The van der Waals surface area contributed by atoms with Gasteiger partial charge in [-0.3, -0.25) is 9.69 Å². The molecule has 0 radical (unpaired) electrons. The lowest BCUT2D eigenvalue weighted by Gasteiger charge is -2.26. The zero-order valence-corrected chi connectivity index (χ0v) is 14.5. The number of carbonyl (C=O) groups excluding carboxylic acids is 1. The highest BCUT2D eigenvalue weighted by Gasteiger charge is 2.20. The van der Waals surface area contributed by atoms with E-state index in [1.54, 1.807) is 22.7 Å². The largest absolute Gasteiger partial charge is 0.350 e. The summed E-state index contributed by atoms with van der Waals surface area (Å²) in [5.74, 6) is 0.0629. The predicted octanol–water partition coefficient (Wildman–Crippen LogP) is 3.99. The Balaban J connectivity index is 1.89. The van der Waals surface area contributed by atoms with Gasteiger partial charge in [-0.15, -0.1) is 22.7 Å². The quantitative estimate of drug-likeness (QED) is 0.825. The summed E-state index contributed by atoms with van der Waals surface area (Å²) in [6.07, 6.45) is 0. The Kier molecular flexibility index (Phi) is 6.23. The van der Waals surface area contributed by atoms with Crippen LogP contribution in [0, 0.1) is 0 Å². The van der Waals surface area contributed by atoms with E-state index in [9.17, 15) is 4.79 Å². The lowest BCUT2D eigenvalue weighted by Crippen LogP contribution is -2.44. The minimum atomic E-state index is -0.157. The molecular weight excluding hydrogens is 324 g/mol. The maximum atomic E-state index is 12.3. The third kappa shape index (κ3) is 4.81. The fraction of sp³-hybridized carbons (Fsp3) is 0.400. The van der Waals surface area contributed by atoms with Crippen LogP contribution in [0.25, 0.3) is 0 Å². The molecular formula is C15H19ClN2OS2. The number of rotatable bonds is 7. The van der Waals surface area contributed by atoms with Gasteiger partial charge in [-0.25, -0.2) is 0 Å². The van der Waals surface area contributed by atoms with Crippen molar-refractivity contribution in [1.82, 2.24) is 10.2 Å². The van der Waals surface area contributed by atoms with Gasteiger partial charge in [-0.05, 0) is 37.0 Å². The molecule has 1 amide bonds. The second kappa shape index (κ2) is 7.94. The Morgan fingerprint density at radius 3 is 2.76 bits per heavy atom. The van der Waals surface area contributed by atoms with Crippen LogP contribution in [0.1, 0.15) is 23.6 Å². The average Bonchev–Trinajstić information content (AvgIpc) is 3.13. The molecule has 0 aromatic carbocycles. The maximum Gasteiger partial charge on any atom is 0.237 e. The summed E-state index contributed by atoms with van der Waals surface area (Å²) in [4.78, 5) is 16.8. The Hall–Kier alpha value is -0.880. The molecule has 2 rings (SSSR count). The Morgan fingerprint density at radius 2 is 2.19 bits per heavy atom. The van der Waals surface area contributed by atoms with Crippen molar-refractivity contribution in [2.45, 2.75) is 33.0 Å². The monoisotopic (exact) mass is 342 g/mol. The van der Waals surface area contributed by atoms with Gasteiger partial charge in [-0.2, -0.15) is 0 Å². The fourth-order valence-corrected chi connectivity index (χ4v) is 3.82. The molecule has 2 aromatic rings. The zero-order chi connectivity index (χ0) is 15.2. The van der Waals surface area contributed by atoms with Crippen molar-refractivity contribution < 1.29 is 4.79 Å². The van der Waals surface area contributed by atoms with Crippen molar-refractivity contribution >= 4 is 40.2 Å². The van der Waals surface area contributed by atoms with Gasteiger partial charge in [0.1, 0.15) is 0 Å². The minimum Gasteiger partial charge on any atom is -0.350 e. The molecule has 3 nitrogen and oxygen atoms in total. The molecule has 2 aromatic heterocycles. The first-order valence-electron chi connectivity index (χ1n) is 6.88. The summed E-state index contributed by atoms with van der Waals surface area (Å²) < 4.78 is 0.788. The molecule has 2 heterocycles. The molecule has 6 heteroatoms. The SMILES string of the molecule is CCN(Cc1ccc(Cl)s1)C(C)C(=O)NCc1cccs1. The number of carbonyl (C=O) groups is 1. The van der Waals surface area contributed by atoms with Crippen molar-refractivity contribution in [3.63, 3.8) is 0 Å². The second-order valence-electron chi connectivity index (χ2n) is 4.74. The van der Waals surface area contributed by atoms with Gasteiger partial charge in [0.2, 0.25) is 5.91 Å². The van der Waals surface area contributed by atoms with Crippen LogP contribution in [-0.4, -0.2) is 23.4 Å². The fourth-order valence-electron chi connectivity index (χ4n) is 2.06. The highest BCUT2D eigenvalue weighted by atomic mass is 35.5. The molecule has 114 valence electrons. The third-order valence-corrected chi connectivity index (χ3v) is 5.43. The number of hydrogen-bond donors (Lipinski definition) is 1. The zero-order valence-electron chi connectivity index (χ0n) is 12.1. The number of thiophene rings is 2. The van der Waals surface area contributed by atoms with Gasteiger partial charge in [0.25, 0.3) is 0 Å². The molecule has 0 saturated carbocycles. The Bertz CT molecular complexity index is 568. The summed E-state index contributed by atoms with van der Waals surface area (Å²) in [5, 5.41) is 5.02. The summed E-state index contributed by atoms with van der Waals surface area (Å²) in [6.45, 7) is 6.19.